The molecule has 1 aliphatic rings. The lowest BCUT2D eigenvalue weighted by atomic mass is 10.2. The fourth-order valence-electron chi connectivity index (χ4n) is 3.84. The van der Waals surface area contributed by atoms with E-state index in [1.807, 2.05) is 42.5 Å². The molecule has 0 spiro atoms. The molecule has 8 heteroatoms. The number of ether oxygens (including phenoxy) is 3. The summed E-state index contributed by atoms with van der Waals surface area (Å²) in [5, 5.41) is 0. The summed E-state index contributed by atoms with van der Waals surface area (Å²) in [6, 6.07) is 20.6. The molecule has 0 radical (unpaired) electrons. The van der Waals surface area contributed by atoms with Gasteiger partial charge >= 0.3 is 0 Å². The van der Waals surface area contributed by atoms with Gasteiger partial charge in [0.15, 0.2) is 6.61 Å². The van der Waals surface area contributed by atoms with Gasteiger partial charge in [0.2, 0.25) is 5.91 Å². The highest BCUT2D eigenvalue weighted by atomic mass is 16.5. The predicted octanol–water partition coefficient (Wildman–Crippen LogP) is 2.93. The lowest BCUT2D eigenvalue weighted by molar-refractivity contribution is -0.140. The van der Waals surface area contributed by atoms with Crippen LogP contribution in [0.3, 0.4) is 0 Å². The summed E-state index contributed by atoms with van der Waals surface area (Å²) in [6.07, 6.45) is 3.09. The summed E-state index contributed by atoms with van der Waals surface area (Å²) in [5.41, 5.74) is 1.95. The quantitative estimate of drug-likeness (QED) is 0.473. The van der Waals surface area contributed by atoms with Crippen LogP contribution in [0.4, 0.5) is 0 Å². The number of carbonyl (C=O) groups is 2. The molecular weight excluding hydrogens is 446 g/mol. The van der Waals surface area contributed by atoms with Crippen molar-refractivity contribution in [2.24, 2.45) is 0 Å². The van der Waals surface area contributed by atoms with Crippen LogP contribution < -0.4 is 9.47 Å². The van der Waals surface area contributed by atoms with Crippen LogP contribution in [0.1, 0.15) is 11.1 Å². The van der Waals surface area contributed by atoms with Gasteiger partial charge in [-0.1, -0.05) is 36.4 Å². The molecule has 4 rings (SSSR count). The van der Waals surface area contributed by atoms with E-state index in [2.05, 4.69) is 4.98 Å². The van der Waals surface area contributed by atoms with E-state index in [1.54, 1.807) is 48.7 Å². The van der Waals surface area contributed by atoms with E-state index < -0.39 is 0 Å². The molecule has 0 N–H and O–H groups in total. The van der Waals surface area contributed by atoms with Gasteiger partial charge in [-0.15, -0.1) is 0 Å². The predicted molar refractivity (Wildman–Crippen MR) is 130 cm³/mol. The van der Waals surface area contributed by atoms with Crippen molar-refractivity contribution in [3.63, 3.8) is 0 Å². The van der Waals surface area contributed by atoms with Gasteiger partial charge in [0, 0.05) is 32.0 Å². The van der Waals surface area contributed by atoms with Crippen molar-refractivity contribution in [2.75, 3.05) is 33.4 Å². The molecule has 2 heterocycles. The largest absolute Gasteiger partial charge is 0.497 e. The molecule has 35 heavy (non-hydrogen) atoms. The van der Waals surface area contributed by atoms with Crippen molar-refractivity contribution in [1.29, 1.82) is 0 Å². The summed E-state index contributed by atoms with van der Waals surface area (Å²) in [4.78, 5) is 33.5. The Hall–Kier alpha value is -3.91. The summed E-state index contributed by atoms with van der Waals surface area (Å²) in [5.74, 6) is 0.840. The topological polar surface area (TPSA) is 81.2 Å². The van der Waals surface area contributed by atoms with Gasteiger partial charge in [-0.3, -0.25) is 14.6 Å². The number of nitrogens with zero attached hydrogens (tertiary/aromatic N) is 3. The zero-order valence-corrected chi connectivity index (χ0v) is 19.7. The molecule has 1 saturated heterocycles. The number of aromatic nitrogens is 1. The summed E-state index contributed by atoms with van der Waals surface area (Å²) in [7, 11) is 1.59. The number of hydrogen-bond acceptors (Lipinski definition) is 6. The standard InChI is InChI=1S/C27H29N3O5/c1-33-23-9-11-24(12-10-23)35-20-27(32)30-17-25(34-19-21-6-3-2-4-7-21)16-29(26(31)18-30)15-22-8-5-13-28-14-22/h2-14,25H,15-20H2,1H3/t25-/m1/s1. The van der Waals surface area contributed by atoms with E-state index in [9.17, 15) is 9.59 Å². The third kappa shape index (κ3) is 7.04. The van der Waals surface area contributed by atoms with E-state index in [4.69, 9.17) is 14.2 Å². The number of rotatable bonds is 9. The second-order valence-electron chi connectivity index (χ2n) is 8.29. The minimum atomic E-state index is -0.344. The first-order chi connectivity index (χ1) is 17.1. The Labute approximate surface area is 205 Å². The average Bonchev–Trinajstić information content (AvgIpc) is 3.06. The van der Waals surface area contributed by atoms with Crippen LogP contribution in [0.2, 0.25) is 0 Å². The highest BCUT2D eigenvalue weighted by Crippen LogP contribution is 2.18. The molecular formula is C27H29N3O5. The van der Waals surface area contributed by atoms with Crippen LogP contribution in [0.15, 0.2) is 79.1 Å². The van der Waals surface area contributed by atoms with E-state index in [1.165, 1.54) is 4.90 Å². The Bertz CT molecular complexity index is 1090. The van der Waals surface area contributed by atoms with Crippen LogP contribution >= 0.6 is 0 Å². The van der Waals surface area contributed by atoms with Crippen molar-refractivity contribution < 1.29 is 23.8 Å². The Morgan fingerprint density at radius 1 is 0.971 bits per heavy atom. The molecule has 2 aromatic carbocycles. The molecule has 1 fully saturated rings. The maximum absolute atomic E-state index is 13.1. The highest BCUT2D eigenvalue weighted by molar-refractivity contribution is 5.86. The Kier molecular flexibility index (Phi) is 8.30. The molecule has 1 aromatic heterocycles. The van der Waals surface area contributed by atoms with Gasteiger partial charge < -0.3 is 24.0 Å². The first kappa shape index (κ1) is 24.2. The van der Waals surface area contributed by atoms with Crippen LogP contribution in [0.25, 0.3) is 0 Å². The lowest BCUT2D eigenvalue weighted by Crippen LogP contribution is -2.42. The number of amides is 2. The molecule has 1 atom stereocenters. The molecule has 1 aliphatic heterocycles. The van der Waals surface area contributed by atoms with Crippen LogP contribution in [0.5, 0.6) is 11.5 Å². The minimum absolute atomic E-state index is 0.0315. The molecule has 182 valence electrons. The molecule has 0 saturated carbocycles. The molecule has 0 unspecified atom stereocenters. The first-order valence-corrected chi connectivity index (χ1v) is 11.5. The summed E-state index contributed by atoms with van der Waals surface area (Å²) >= 11 is 0. The zero-order chi connectivity index (χ0) is 24.5. The summed E-state index contributed by atoms with van der Waals surface area (Å²) < 4.78 is 17.0. The Balaban J connectivity index is 1.43. The number of carbonyl (C=O) groups excluding carboxylic acids is 2. The van der Waals surface area contributed by atoms with Gasteiger partial charge in [0.05, 0.1) is 26.4 Å². The normalized spacial score (nSPS) is 16.0. The van der Waals surface area contributed by atoms with Crippen molar-refractivity contribution in [3.05, 3.63) is 90.3 Å². The van der Waals surface area contributed by atoms with Crippen LogP contribution in [0, 0.1) is 0 Å². The van der Waals surface area contributed by atoms with E-state index in [0.29, 0.717) is 37.7 Å². The van der Waals surface area contributed by atoms with Crippen molar-refractivity contribution in [2.45, 2.75) is 19.3 Å². The molecule has 8 nitrogen and oxygen atoms in total. The van der Waals surface area contributed by atoms with E-state index in [-0.39, 0.29) is 31.1 Å². The fourth-order valence-corrected chi connectivity index (χ4v) is 3.84. The zero-order valence-electron chi connectivity index (χ0n) is 19.7. The van der Waals surface area contributed by atoms with Gasteiger partial charge in [0.1, 0.15) is 11.5 Å². The third-order valence-electron chi connectivity index (χ3n) is 5.73. The highest BCUT2D eigenvalue weighted by Gasteiger charge is 2.31. The SMILES string of the molecule is COc1ccc(OCC(=O)N2CC(=O)N(Cc3cccnc3)C[C@@H](OCc3ccccc3)C2)cc1. The second-order valence-corrected chi connectivity index (χ2v) is 8.29. The van der Waals surface area contributed by atoms with Crippen LogP contribution in [-0.2, 0) is 27.5 Å². The second kappa shape index (κ2) is 12.0. The van der Waals surface area contributed by atoms with E-state index >= 15 is 0 Å². The van der Waals surface area contributed by atoms with Crippen molar-refractivity contribution in [1.82, 2.24) is 14.8 Å². The summed E-state index contributed by atoms with van der Waals surface area (Å²) in [6.45, 7) is 1.27. The van der Waals surface area contributed by atoms with Crippen LogP contribution in [-0.4, -0.2) is 66.1 Å². The van der Waals surface area contributed by atoms with Gasteiger partial charge in [-0.25, -0.2) is 0 Å². The maximum atomic E-state index is 13.1. The maximum Gasteiger partial charge on any atom is 0.261 e. The molecule has 3 aromatic rings. The molecule has 0 aliphatic carbocycles. The Morgan fingerprint density at radius 2 is 1.71 bits per heavy atom. The van der Waals surface area contributed by atoms with Crippen molar-refractivity contribution >= 4 is 11.8 Å². The lowest BCUT2D eigenvalue weighted by Gasteiger charge is -2.25. The number of methoxy groups -OCH3 is 1. The fraction of sp³-hybridized carbons (Fsp3) is 0.296. The smallest absolute Gasteiger partial charge is 0.261 e. The monoisotopic (exact) mass is 475 g/mol. The minimum Gasteiger partial charge on any atom is -0.497 e. The van der Waals surface area contributed by atoms with Gasteiger partial charge in [0.25, 0.3) is 5.91 Å². The van der Waals surface area contributed by atoms with Crippen molar-refractivity contribution in [3.8, 4) is 11.5 Å². The number of pyridine rings is 1. The number of benzene rings is 2. The Morgan fingerprint density at radius 3 is 2.43 bits per heavy atom. The van der Waals surface area contributed by atoms with Gasteiger partial charge in [-0.2, -0.15) is 0 Å². The third-order valence-corrected chi connectivity index (χ3v) is 5.73. The van der Waals surface area contributed by atoms with Gasteiger partial charge in [-0.05, 0) is 41.5 Å². The first-order valence-electron chi connectivity index (χ1n) is 11.5. The molecule has 0 bridgehead atoms. The average molecular weight is 476 g/mol. The molecule has 2 amide bonds. The number of hydrogen-bond donors (Lipinski definition) is 0. The van der Waals surface area contributed by atoms with E-state index in [0.717, 1.165) is 11.1 Å².